The summed E-state index contributed by atoms with van der Waals surface area (Å²) in [6.07, 6.45) is 0. The van der Waals surface area contributed by atoms with Crippen molar-refractivity contribution >= 4 is 17.3 Å². The highest BCUT2D eigenvalue weighted by Gasteiger charge is 2.31. The van der Waals surface area contributed by atoms with Gasteiger partial charge in [0.25, 0.3) is 5.91 Å². The molecule has 0 saturated carbocycles. The third kappa shape index (κ3) is 1.08. The van der Waals surface area contributed by atoms with Crippen LogP contribution >= 0.6 is 0 Å². The Bertz CT molecular complexity index is 412. The first-order valence-electron chi connectivity index (χ1n) is 4.24. The van der Waals surface area contributed by atoms with Crippen molar-refractivity contribution in [2.24, 2.45) is 5.16 Å². The molecule has 0 aliphatic carbocycles. The summed E-state index contributed by atoms with van der Waals surface area (Å²) in [5.41, 5.74) is 2.06. The highest BCUT2D eigenvalue weighted by atomic mass is 16.6. The number of anilines is 1. The van der Waals surface area contributed by atoms with Gasteiger partial charge in [0.2, 0.25) is 0 Å². The van der Waals surface area contributed by atoms with Gasteiger partial charge in [-0.05, 0) is 6.07 Å². The smallest absolute Gasteiger partial charge is 0.280 e. The molecule has 0 fully saturated rings. The Morgan fingerprint density at radius 1 is 1.36 bits per heavy atom. The second-order valence-electron chi connectivity index (χ2n) is 3.00. The fourth-order valence-electron chi connectivity index (χ4n) is 1.53. The molecule has 0 aromatic heterocycles. The number of para-hydroxylation sites is 1. The van der Waals surface area contributed by atoms with Gasteiger partial charge >= 0.3 is 0 Å². The second kappa shape index (κ2) is 3.14. The van der Waals surface area contributed by atoms with E-state index in [2.05, 4.69) is 9.99 Å². The summed E-state index contributed by atoms with van der Waals surface area (Å²) in [6.45, 7) is 0. The number of benzene rings is 1. The fourth-order valence-corrected chi connectivity index (χ4v) is 1.53. The Labute approximate surface area is 81.8 Å². The molecule has 2 rings (SSSR count). The number of rotatable bonds is 1. The van der Waals surface area contributed by atoms with E-state index in [1.54, 1.807) is 11.9 Å². The van der Waals surface area contributed by atoms with Crippen LogP contribution in [0.4, 0.5) is 5.69 Å². The Hall–Kier alpha value is -1.84. The van der Waals surface area contributed by atoms with E-state index >= 15 is 0 Å². The van der Waals surface area contributed by atoms with Crippen LogP contribution in [0.25, 0.3) is 0 Å². The SMILES string of the molecule is CO/N=C1\C(=O)N(C)c2ccccc21. The van der Waals surface area contributed by atoms with Crippen molar-refractivity contribution in [2.45, 2.75) is 0 Å². The maximum Gasteiger partial charge on any atom is 0.280 e. The summed E-state index contributed by atoms with van der Waals surface area (Å²) in [7, 11) is 3.15. The van der Waals surface area contributed by atoms with Crippen LogP contribution in [0.2, 0.25) is 0 Å². The molecule has 0 bridgehead atoms. The molecule has 1 heterocycles. The lowest BCUT2D eigenvalue weighted by molar-refractivity contribution is -0.112. The summed E-state index contributed by atoms with van der Waals surface area (Å²) in [4.78, 5) is 17.9. The number of nitrogens with zero attached hydrogens (tertiary/aromatic N) is 2. The van der Waals surface area contributed by atoms with Gasteiger partial charge in [0.15, 0.2) is 5.71 Å². The molecule has 0 atom stereocenters. The van der Waals surface area contributed by atoms with Gasteiger partial charge in [0.05, 0.1) is 5.69 Å². The molecule has 4 nitrogen and oxygen atoms in total. The van der Waals surface area contributed by atoms with Crippen LogP contribution < -0.4 is 4.90 Å². The molecule has 72 valence electrons. The molecule has 1 aliphatic rings. The van der Waals surface area contributed by atoms with E-state index in [0.29, 0.717) is 5.71 Å². The van der Waals surface area contributed by atoms with E-state index in [9.17, 15) is 4.79 Å². The van der Waals surface area contributed by atoms with Gasteiger partial charge in [-0.25, -0.2) is 0 Å². The minimum absolute atomic E-state index is 0.131. The van der Waals surface area contributed by atoms with E-state index in [0.717, 1.165) is 11.3 Å². The normalized spacial score (nSPS) is 17.4. The minimum Gasteiger partial charge on any atom is -0.398 e. The lowest BCUT2D eigenvalue weighted by Gasteiger charge is -2.07. The molecular weight excluding hydrogens is 180 g/mol. The first-order chi connectivity index (χ1) is 6.75. The molecule has 1 aromatic rings. The van der Waals surface area contributed by atoms with Crippen LogP contribution in [0.1, 0.15) is 5.56 Å². The first-order valence-corrected chi connectivity index (χ1v) is 4.24. The van der Waals surface area contributed by atoms with Crippen LogP contribution in [0.15, 0.2) is 29.4 Å². The highest BCUT2D eigenvalue weighted by Crippen LogP contribution is 2.27. The lowest BCUT2D eigenvalue weighted by Crippen LogP contribution is -2.25. The number of fused-ring (bicyclic) bond motifs is 1. The van der Waals surface area contributed by atoms with Crippen molar-refractivity contribution in [2.75, 3.05) is 19.1 Å². The van der Waals surface area contributed by atoms with Crippen molar-refractivity contribution in [3.63, 3.8) is 0 Å². The Balaban J connectivity index is 2.59. The second-order valence-corrected chi connectivity index (χ2v) is 3.00. The third-order valence-corrected chi connectivity index (χ3v) is 2.21. The maximum absolute atomic E-state index is 11.7. The molecule has 1 amide bonds. The van der Waals surface area contributed by atoms with Gasteiger partial charge in [-0.3, -0.25) is 4.79 Å². The van der Waals surface area contributed by atoms with E-state index in [4.69, 9.17) is 0 Å². The quantitative estimate of drug-likeness (QED) is 0.620. The van der Waals surface area contributed by atoms with Gasteiger partial charge in [-0.2, -0.15) is 0 Å². The molecule has 14 heavy (non-hydrogen) atoms. The number of carbonyl (C=O) groups is 1. The van der Waals surface area contributed by atoms with Crippen LogP contribution in [-0.4, -0.2) is 25.8 Å². The molecule has 0 saturated heterocycles. The minimum atomic E-state index is -0.131. The van der Waals surface area contributed by atoms with E-state index < -0.39 is 0 Å². The van der Waals surface area contributed by atoms with Crippen LogP contribution in [0.3, 0.4) is 0 Å². The zero-order valence-electron chi connectivity index (χ0n) is 8.02. The third-order valence-electron chi connectivity index (χ3n) is 2.21. The predicted octanol–water partition coefficient (Wildman–Crippen LogP) is 1.01. The molecule has 0 N–H and O–H groups in total. The summed E-state index contributed by atoms with van der Waals surface area (Å²) >= 11 is 0. The molecule has 0 radical (unpaired) electrons. The largest absolute Gasteiger partial charge is 0.398 e. The fraction of sp³-hybridized carbons (Fsp3) is 0.200. The Morgan fingerprint density at radius 2 is 2.07 bits per heavy atom. The average Bonchev–Trinajstić information content (AvgIpc) is 2.45. The Morgan fingerprint density at radius 3 is 2.79 bits per heavy atom. The average molecular weight is 190 g/mol. The zero-order chi connectivity index (χ0) is 10.1. The van der Waals surface area contributed by atoms with Crippen molar-refractivity contribution in [3.05, 3.63) is 29.8 Å². The van der Waals surface area contributed by atoms with Crippen molar-refractivity contribution in [3.8, 4) is 0 Å². The van der Waals surface area contributed by atoms with Gasteiger partial charge in [0.1, 0.15) is 7.11 Å². The van der Waals surface area contributed by atoms with Gasteiger partial charge in [-0.15, -0.1) is 0 Å². The monoisotopic (exact) mass is 190 g/mol. The standard InChI is InChI=1S/C10H10N2O2/c1-12-8-6-4-3-5-7(8)9(10(12)13)11-14-2/h3-6H,1-2H3/b11-9-. The number of hydrogen-bond acceptors (Lipinski definition) is 3. The number of carbonyl (C=O) groups excluding carboxylic acids is 1. The topological polar surface area (TPSA) is 41.9 Å². The summed E-state index contributed by atoms with van der Waals surface area (Å²) in [5, 5.41) is 3.72. The van der Waals surface area contributed by atoms with Crippen molar-refractivity contribution < 1.29 is 9.63 Å². The number of likely N-dealkylation sites (N-methyl/N-ethyl adjacent to an activating group) is 1. The van der Waals surface area contributed by atoms with Gasteiger partial charge < -0.3 is 9.74 Å². The predicted molar refractivity (Wildman–Crippen MR) is 53.4 cm³/mol. The van der Waals surface area contributed by atoms with Gasteiger partial charge in [0, 0.05) is 12.6 Å². The van der Waals surface area contributed by atoms with Gasteiger partial charge in [-0.1, -0.05) is 23.4 Å². The first kappa shape index (κ1) is 8.74. The molecular formula is C10H10N2O2. The molecule has 0 unspecified atom stereocenters. The van der Waals surface area contributed by atoms with E-state index in [1.165, 1.54) is 7.11 Å². The summed E-state index contributed by atoms with van der Waals surface area (Å²) < 4.78 is 0. The molecule has 1 aliphatic heterocycles. The number of amides is 1. The van der Waals surface area contributed by atoms with E-state index in [1.807, 2.05) is 24.3 Å². The number of oxime groups is 1. The van der Waals surface area contributed by atoms with E-state index in [-0.39, 0.29) is 5.91 Å². The molecule has 1 aromatic carbocycles. The van der Waals surface area contributed by atoms with Crippen LogP contribution in [0.5, 0.6) is 0 Å². The van der Waals surface area contributed by atoms with Crippen molar-refractivity contribution in [1.29, 1.82) is 0 Å². The maximum atomic E-state index is 11.7. The van der Waals surface area contributed by atoms with Crippen molar-refractivity contribution in [1.82, 2.24) is 0 Å². The summed E-state index contributed by atoms with van der Waals surface area (Å²) in [6, 6.07) is 7.49. The summed E-state index contributed by atoms with van der Waals surface area (Å²) in [5.74, 6) is -0.131. The number of hydrogen-bond donors (Lipinski definition) is 0. The van der Waals surface area contributed by atoms with Crippen LogP contribution in [-0.2, 0) is 9.63 Å². The molecule has 0 spiro atoms. The highest BCUT2D eigenvalue weighted by molar-refractivity contribution is 6.54. The van der Waals surface area contributed by atoms with Crippen LogP contribution in [0, 0.1) is 0 Å². The lowest BCUT2D eigenvalue weighted by atomic mass is 10.1. The zero-order valence-corrected chi connectivity index (χ0v) is 8.02. The Kier molecular flexibility index (Phi) is 1.96. The molecule has 4 heteroatoms.